The number of rotatable bonds is 3. The molecule has 2 saturated heterocycles. The molecule has 2 fully saturated rings. The van der Waals surface area contributed by atoms with Gasteiger partial charge in [0.15, 0.2) is 0 Å². The lowest BCUT2D eigenvalue weighted by molar-refractivity contribution is 0.0762. The van der Waals surface area contributed by atoms with E-state index in [1.54, 1.807) is 12.0 Å². The number of carbonyl (C=O) groups is 1. The van der Waals surface area contributed by atoms with Crippen LogP contribution in [0, 0.1) is 6.92 Å². The fourth-order valence-corrected chi connectivity index (χ4v) is 3.60. The van der Waals surface area contributed by atoms with E-state index in [2.05, 4.69) is 4.90 Å². The molecule has 22 heavy (non-hydrogen) atoms. The zero-order valence-corrected chi connectivity index (χ0v) is 13.3. The second-order valence-corrected chi connectivity index (χ2v) is 6.22. The van der Waals surface area contributed by atoms with Crippen molar-refractivity contribution in [2.75, 3.05) is 33.3 Å². The van der Waals surface area contributed by atoms with Gasteiger partial charge in [-0.1, -0.05) is 6.07 Å². The zero-order valence-electron chi connectivity index (χ0n) is 13.3. The van der Waals surface area contributed by atoms with E-state index in [4.69, 9.17) is 4.74 Å². The van der Waals surface area contributed by atoms with Crippen molar-refractivity contribution in [3.05, 3.63) is 29.3 Å². The molecule has 2 aliphatic rings. The smallest absolute Gasteiger partial charge is 0.254 e. The summed E-state index contributed by atoms with van der Waals surface area (Å²) in [5.74, 6) is 0.707. The van der Waals surface area contributed by atoms with E-state index in [1.165, 1.54) is 12.8 Å². The third kappa shape index (κ3) is 2.71. The molecule has 2 atom stereocenters. The lowest BCUT2D eigenvalue weighted by atomic mass is 10.1. The number of hydrogen-bond donors (Lipinski definition) is 1. The maximum Gasteiger partial charge on any atom is 0.254 e. The first-order valence-corrected chi connectivity index (χ1v) is 7.97. The number of aliphatic hydroxyl groups excluding tert-OH is 1. The number of ether oxygens (including phenoxy) is 1. The Kier molecular flexibility index (Phi) is 4.36. The monoisotopic (exact) mass is 304 g/mol. The Hall–Kier alpha value is -1.59. The summed E-state index contributed by atoms with van der Waals surface area (Å²) in [6.45, 7) is 4.98. The van der Waals surface area contributed by atoms with Gasteiger partial charge in [0.1, 0.15) is 5.75 Å². The second kappa shape index (κ2) is 6.26. The van der Waals surface area contributed by atoms with Crippen LogP contribution in [0.1, 0.15) is 28.8 Å². The molecule has 0 saturated carbocycles. The molecule has 5 nitrogen and oxygen atoms in total. The summed E-state index contributed by atoms with van der Waals surface area (Å²) in [7, 11) is 1.61. The molecule has 2 aliphatic heterocycles. The van der Waals surface area contributed by atoms with Crippen molar-refractivity contribution in [2.45, 2.75) is 31.9 Å². The summed E-state index contributed by atoms with van der Waals surface area (Å²) in [5.41, 5.74) is 1.52. The maximum atomic E-state index is 12.8. The molecule has 0 spiro atoms. The highest BCUT2D eigenvalue weighted by molar-refractivity contribution is 5.96. The molecule has 1 amide bonds. The van der Waals surface area contributed by atoms with Crippen LogP contribution in [0.3, 0.4) is 0 Å². The largest absolute Gasteiger partial charge is 0.496 e. The van der Waals surface area contributed by atoms with E-state index in [-0.39, 0.29) is 11.9 Å². The topological polar surface area (TPSA) is 53.0 Å². The van der Waals surface area contributed by atoms with Gasteiger partial charge in [0.25, 0.3) is 5.91 Å². The van der Waals surface area contributed by atoms with Crippen molar-refractivity contribution in [3.63, 3.8) is 0 Å². The molecule has 1 N–H and O–H groups in total. The van der Waals surface area contributed by atoms with E-state index >= 15 is 0 Å². The van der Waals surface area contributed by atoms with Crippen LogP contribution in [0.4, 0.5) is 0 Å². The summed E-state index contributed by atoms with van der Waals surface area (Å²) in [6, 6.07) is 5.61. The second-order valence-electron chi connectivity index (χ2n) is 6.22. The van der Waals surface area contributed by atoms with Crippen molar-refractivity contribution in [2.24, 2.45) is 0 Å². The highest BCUT2D eigenvalue weighted by atomic mass is 16.5. The van der Waals surface area contributed by atoms with Gasteiger partial charge in [0, 0.05) is 24.2 Å². The average Bonchev–Trinajstić information content (AvgIpc) is 3.16. The van der Waals surface area contributed by atoms with Gasteiger partial charge in [-0.05, 0) is 45.0 Å². The van der Waals surface area contributed by atoms with E-state index < -0.39 is 6.10 Å². The molecule has 3 rings (SSSR count). The molecule has 0 bridgehead atoms. The molecule has 0 unspecified atom stereocenters. The molecule has 1 aromatic carbocycles. The van der Waals surface area contributed by atoms with Crippen LogP contribution in [0.25, 0.3) is 0 Å². The molecule has 5 heteroatoms. The molecular formula is C17H24N2O3. The lowest BCUT2D eigenvalue weighted by Crippen LogP contribution is -2.41. The van der Waals surface area contributed by atoms with Gasteiger partial charge in [-0.25, -0.2) is 0 Å². The number of likely N-dealkylation sites (tertiary alicyclic amines) is 2. The van der Waals surface area contributed by atoms with Crippen molar-refractivity contribution >= 4 is 5.91 Å². The third-order valence-corrected chi connectivity index (χ3v) is 4.89. The first kappa shape index (κ1) is 15.3. The fraction of sp³-hybridized carbons (Fsp3) is 0.588. The first-order valence-electron chi connectivity index (χ1n) is 7.97. The summed E-state index contributed by atoms with van der Waals surface area (Å²) in [6.07, 6.45) is 1.92. The maximum absolute atomic E-state index is 12.8. The van der Waals surface area contributed by atoms with Crippen molar-refractivity contribution < 1.29 is 14.6 Å². The number of methoxy groups -OCH3 is 1. The summed E-state index contributed by atoms with van der Waals surface area (Å²) >= 11 is 0. The molecule has 0 aromatic heterocycles. The Labute approximate surface area is 131 Å². The minimum Gasteiger partial charge on any atom is -0.496 e. The summed E-state index contributed by atoms with van der Waals surface area (Å²) < 4.78 is 5.29. The Balaban J connectivity index is 1.76. The van der Waals surface area contributed by atoms with E-state index in [9.17, 15) is 9.90 Å². The Morgan fingerprint density at radius 3 is 2.68 bits per heavy atom. The minimum atomic E-state index is -0.451. The predicted molar refractivity (Wildman–Crippen MR) is 84.2 cm³/mol. The standard InChI is InChI=1S/C17H24N2O3/c1-12-13(6-5-7-16(12)22-2)17(21)19-10-14(15(20)11-19)18-8-3-4-9-18/h5-7,14-15,20H,3-4,8-11H2,1-2H3/t14-,15-/m0/s1. The Morgan fingerprint density at radius 1 is 1.27 bits per heavy atom. The molecule has 0 aliphatic carbocycles. The van der Waals surface area contributed by atoms with Gasteiger partial charge < -0.3 is 14.7 Å². The molecule has 0 radical (unpaired) electrons. The number of benzene rings is 1. The minimum absolute atomic E-state index is 0.0165. The van der Waals surface area contributed by atoms with Gasteiger partial charge in [0.2, 0.25) is 0 Å². The summed E-state index contributed by atoms with van der Waals surface area (Å²) in [5, 5.41) is 10.3. The highest BCUT2D eigenvalue weighted by Gasteiger charge is 2.38. The van der Waals surface area contributed by atoms with Gasteiger partial charge >= 0.3 is 0 Å². The number of aliphatic hydroxyl groups is 1. The van der Waals surface area contributed by atoms with Crippen LogP contribution >= 0.6 is 0 Å². The van der Waals surface area contributed by atoms with Crippen LogP contribution in [0.15, 0.2) is 18.2 Å². The number of nitrogens with zero attached hydrogens (tertiary/aromatic N) is 2. The van der Waals surface area contributed by atoms with Crippen LogP contribution in [-0.2, 0) is 0 Å². The van der Waals surface area contributed by atoms with Crippen LogP contribution in [0.2, 0.25) is 0 Å². The lowest BCUT2D eigenvalue weighted by Gasteiger charge is -2.25. The van der Waals surface area contributed by atoms with E-state index in [0.29, 0.717) is 18.7 Å². The molecule has 120 valence electrons. The quantitative estimate of drug-likeness (QED) is 0.914. The Morgan fingerprint density at radius 2 is 2.00 bits per heavy atom. The first-order chi connectivity index (χ1) is 10.6. The van der Waals surface area contributed by atoms with E-state index in [0.717, 1.165) is 24.4 Å². The van der Waals surface area contributed by atoms with Gasteiger partial charge in [-0.3, -0.25) is 9.69 Å². The highest BCUT2D eigenvalue weighted by Crippen LogP contribution is 2.26. The number of hydrogen-bond acceptors (Lipinski definition) is 4. The summed E-state index contributed by atoms with van der Waals surface area (Å²) in [4.78, 5) is 16.9. The number of β-amino-alcohol motifs (C(OH)–C–C–N with tert-alkyl or cyclic N) is 1. The van der Waals surface area contributed by atoms with Crippen LogP contribution < -0.4 is 4.74 Å². The van der Waals surface area contributed by atoms with Gasteiger partial charge in [0.05, 0.1) is 19.3 Å². The third-order valence-electron chi connectivity index (χ3n) is 4.89. The fourth-order valence-electron chi connectivity index (χ4n) is 3.60. The molecule has 2 heterocycles. The zero-order chi connectivity index (χ0) is 15.7. The Bertz CT molecular complexity index is 555. The van der Waals surface area contributed by atoms with Crippen molar-refractivity contribution in [3.8, 4) is 5.75 Å². The van der Waals surface area contributed by atoms with E-state index in [1.807, 2.05) is 25.1 Å². The van der Waals surface area contributed by atoms with Crippen LogP contribution in [-0.4, -0.2) is 66.2 Å². The van der Waals surface area contributed by atoms with Crippen molar-refractivity contribution in [1.82, 2.24) is 9.80 Å². The van der Waals surface area contributed by atoms with Crippen LogP contribution in [0.5, 0.6) is 5.75 Å². The normalized spacial score (nSPS) is 25.7. The molecular weight excluding hydrogens is 280 g/mol. The number of amides is 1. The van der Waals surface area contributed by atoms with Crippen molar-refractivity contribution in [1.29, 1.82) is 0 Å². The van der Waals surface area contributed by atoms with Gasteiger partial charge in [-0.15, -0.1) is 0 Å². The predicted octanol–water partition coefficient (Wildman–Crippen LogP) is 1.28. The SMILES string of the molecule is COc1cccc(C(=O)N2C[C@H](O)[C@@H](N3CCCC3)C2)c1C. The van der Waals surface area contributed by atoms with Gasteiger partial charge in [-0.2, -0.15) is 0 Å². The average molecular weight is 304 g/mol. The number of carbonyl (C=O) groups excluding carboxylic acids is 1. The molecule has 1 aromatic rings.